The number of hydrogen-bond acceptors (Lipinski definition) is 6. The van der Waals surface area contributed by atoms with Gasteiger partial charge in [-0.25, -0.2) is 4.98 Å². The van der Waals surface area contributed by atoms with E-state index in [0.29, 0.717) is 12.0 Å². The van der Waals surface area contributed by atoms with Gasteiger partial charge in [-0.05, 0) is 50.9 Å². The first-order valence-electron chi connectivity index (χ1n) is 8.30. The Morgan fingerprint density at radius 3 is 2.79 bits per heavy atom. The molecule has 2 atom stereocenters. The molecule has 0 radical (unpaired) electrons. The molecule has 24 heavy (non-hydrogen) atoms. The van der Waals surface area contributed by atoms with E-state index in [1.807, 2.05) is 12.1 Å². The summed E-state index contributed by atoms with van der Waals surface area (Å²) in [6, 6.07) is 4.57. The third-order valence-corrected chi connectivity index (χ3v) is 7.41. The molecule has 3 aliphatic rings. The van der Waals surface area contributed by atoms with E-state index in [0.717, 1.165) is 19.8 Å². The molecule has 0 saturated carbocycles. The highest BCUT2D eigenvalue weighted by atomic mass is 32.1. The number of hydrogen-bond donors (Lipinski definition) is 1. The quantitative estimate of drug-likeness (QED) is 0.907. The number of carbonyl (C=O) groups excluding carboxylic acids is 1. The average Bonchev–Trinajstić information content (AvgIpc) is 3.27. The molecule has 128 valence electrons. The van der Waals surface area contributed by atoms with Crippen molar-refractivity contribution in [2.45, 2.75) is 31.8 Å². The molecule has 0 aromatic carbocycles. The van der Waals surface area contributed by atoms with Crippen LogP contribution in [0.3, 0.4) is 0 Å². The summed E-state index contributed by atoms with van der Waals surface area (Å²) in [6.07, 6.45) is 4.11. The lowest BCUT2D eigenvalue weighted by atomic mass is 9.79. The van der Waals surface area contributed by atoms with Gasteiger partial charge >= 0.3 is 0 Å². The predicted octanol–water partition coefficient (Wildman–Crippen LogP) is 3.09. The lowest BCUT2D eigenvalue weighted by molar-refractivity contribution is 0.0218. The number of rotatable bonds is 4. The topological polar surface area (TPSA) is 54.5 Å². The molecule has 3 saturated heterocycles. The van der Waals surface area contributed by atoms with Crippen molar-refractivity contribution in [1.29, 1.82) is 0 Å². The van der Waals surface area contributed by atoms with Gasteiger partial charge in [0.25, 0.3) is 5.91 Å². The molecule has 2 aromatic rings. The van der Waals surface area contributed by atoms with E-state index in [-0.39, 0.29) is 11.9 Å². The van der Waals surface area contributed by atoms with Crippen molar-refractivity contribution in [3.63, 3.8) is 0 Å². The third kappa shape index (κ3) is 2.85. The number of amides is 1. The van der Waals surface area contributed by atoms with Gasteiger partial charge in [0.2, 0.25) is 0 Å². The summed E-state index contributed by atoms with van der Waals surface area (Å²) in [5.41, 5.74) is 0. The zero-order chi connectivity index (χ0) is 16.7. The van der Waals surface area contributed by atoms with Crippen LogP contribution in [0.15, 0.2) is 18.3 Å². The highest BCUT2D eigenvalue weighted by Crippen LogP contribution is 2.35. The number of thiophene rings is 1. The molecule has 2 bridgehead atoms. The Balaban J connectivity index is 1.47. The fourth-order valence-electron chi connectivity index (χ4n) is 3.81. The first-order chi connectivity index (χ1) is 11.7. The number of methoxy groups -OCH3 is 1. The van der Waals surface area contributed by atoms with Crippen molar-refractivity contribution >= 4 is 28.6 Å². The molecule has 7 heteroatoms. The third-order valence-electron chi connectivity index (χ3n) is 5.20. The van der Waals surface area contributed by atoms with Gasteiger partial charge in [0.15, 0.2) is 5.06 Å². The van der Waals surface area contributed by atoms with Crippen molar-refractivity contribution in [3.05, 3.63) is 23.2 Å². The first-order valence-corrected chi connectivity index (χ1v) is 9.94. The van der Waals surface area contributed by atoms with Gasteiger partial charge in [-0.3, -0.25) is 9.69 Å². The Morgan fingerprint density at radius 1 is 1.33 bits per heavy atom. The maximum atomic E-state index is 12.7. The molecular weight excluding hydrogens is 342 g/mol. The molecule has 2 aromatic heterocycles. The van der Waals surface area contributed by atoms with Crippen molar-refractivity contribution < 1.29 is 9.53 Å². The van der Waals surface area contributed by atoms with Crippen LogP contribution in [0.1, 0.15) is 29.4 Å². The molecule has 3 aliphatic heterocycles. The fourth-order valence-corrected chi connectivity index (χ4v) is 5.51. The number of piperidine rings is 3. The fraction of sp³-hybridized carbons (Fsp3) is 0.529. The SMILES string of the molecule is COc1cnc(-c2ccc(C(=O)N[C@@H]3C4CCN(CC4)[C@@H]3C)s2)s1. The van der Waals surface area contributed by atoms with Gasteiger partial charge in [-0.15, -0.1) is 11.3 Å². The summed E-state index contributed by atoms with van der Waals surface area (Å²) in [5.74, 6) is 0.664. The second-order valence-corrected chi connectivity index (χ2v) is 8.54. The number of thiazole rings is 1. The van der Waals surface area contributed by atoms with Crippen LogP contribution in [0, 0.1) is 5.92 Å². The number of fused-ring (bicyclic) bond motifs is 3. The van der Waals surface area contributed by atoms with Crippen LogP contribution < -0.4 is 10.1 Å². The highest BCUT2D eigenvalue weighted by Gasteiger charge is 2.40. The molecule has 3 fully saturated rings. The molecule has 0 aliphatic carbocycles. The predicted molar refractivity (Wildman–Crippen MR) is 97.0 cm³/mol. The Bertz CT molecular complexity index is 732. The lowest BCUT2D eigenvalue weighted by Crippen LogP contribution is -2.62. The number of nitrogens with zero attached hydrogens (tertiary/aromatic N) is 2. The monoisotopic (exact) mass is 363 g/mol. The first kappa shape index (κ1) is 16.1. The summed E-state index contributed by atoms with van der Waals surface area (Å²) in [5, 5.41) is 4.96. The van der Waals surface area contributed by atoms with Gasteiger partial charge < -0.3 is 10.1 Å². The molecule has 5 rings (SSSR count). The van der Waals surface area contributed by atoms with Crippen LogP contribution in [0.2, 0.25) is 0 Å². The average molecular weight is 364 g/mol. The standard InChI is InChI=1S/C17H21N3O2S2/c1-10-15(11-5-7-20(10)8-6-11)19-16(21)12-3-4-13(23-12)17-18-9-14(22-2)24-17/h3-4,9-11,15H,5-8H2,1-2H3,(H,19,21)/t10-,15+/m1/s1. The number of carbonyl (C=O) groups is 1. The van der Waals surface area contributed by atoms with E-state index in [4.69, 9.17) is 4.74 Å². The van der Waals surface area contributed by atoms with E-state index >= 15 is 0 Å². The Labute approximate surface area is 149 Å². The minimum atomic E-state index is 0.0420. The number of aromatic nitrogens is 1. The van der Waals surface area contributed by atoms with Crippen molar-refractivity contribution in [2.24, 2.45) is 5.92 Å². The van der Waals surface area contributed by atoms with Crippen molar-refractivity contribution in [2.75, 3.05) is 20.2 Å². The van der Waals surface area contributed by atoms with Crippen LogP contribution >= 0.6 is 22.7 Å². The van der Waals surface area contributed by atoms with Crippen molar-refractivity contribution in [1.82, 2.24) is 15.2 Å². The largest absolute Gasteiger partial charge is 0.486 e. The smallest absolute Gasteiger partial charge is 0.261 e. The maximum Gasteiger partial charge on any atom is 0.261 e. The number of nitrogens with one attached hydrogen (secondary N) is 1. The lowest BCUT2D eigenvalue weighted by Gasteiger charge is -2.49. The minimum absolute atomic E-state index is 0.0420. The molecule has 5 heterocycles. The summed E-state index contributed by atoms with van der Waals surface area (Å²) in [7, 11) is 1.64. The van der Waals surface area contributed by atoms with Crippen molar-refractivity contribution in [3.8, 4) is 14.9 Å². The second kappa shape index (κ2) is 6.46. The van der Waals surface area contributed by atoms with Crippen LogP contribution in [-0.2, 0) is 0 Å². The maximum absolute atomic E-state index is 12.7. The van der Waals surface area contributed by atoms with E-state index in [1.54, 1.807) is 13.3 Å². The summed E-state index contributed by atoms with van der Waals surface area (Å²) in [6.45, 7) is 4.58. The molecule has 0 unspecified atom stereocenters. The van der Waals surface area contributed by atoms with Gasteiger partial charge in [-0.2, -0.15) is 0 Å². The summed E-state index contributed by atoms with van der Waals surface area (Å²) < 4.78 is 5.19. The van der Waals surface area contributed by atoms with Gasteiger partial charge in [-0.1, -0.05) is 11.3 Å². The highest BCUT2D eigenvalue weighted by molar-refractivity contribution is 7.23. The van der Waals surface area contributed by atoms with Crippen LogP contribution in [0.4, 0.5) is 0 Å². The van der Waals surface area contributed by atoms with E-state index in [1.165, 1.54) is 48.6 Å². The summed E-state index contributed by atoms with van der Waals surface area (Å²) in [4.78, 5) is 21.3. The Kier molecular flexibility index (Phi) is 4.32. The molecule has 1 N–H and O–H groups in total. The van der Waals surface area contributed by atoms with Gasteiger partial charge in [0.05, 0.1) is 23.1 Å². The Hall–Kier alpha value is -1.44. The van der Waals surface area contributed by atoms with Crippen LogP contribution in [0.25, 0.3) is 9.88 Å². The Morgan fingerprint density at radius 2 is 2.12 bits per heavy atom. The van der Waals surface area contributed by atoms with Crippen LogP contribution in [0.5, 0.6) is 5.06 Å². The van der Waals surface area contributed by atoms with E-state index in [2.05, 4.69) is 22.1 Å². The molecular formula is C17H21N3O2S2. The molecule has 1 amide bonds. The van der Waals surface area contributed by atoms with Gasteiger partial charge in [0, 0.05) is 12.1 Å². The zero-order valence-electron chi connectivity index (χ0n) is 13.8. The molecule has 0 spiro atoms. The van der Waals surface area contributed by atoms with E-state index < -0.39 is 0 Å². The molecule has 5 nitrogen and oxygen atoms in total. The number of ether oxygens (including phenoxy) is 1. The zero-order valence-corrected chi connectivity index (χ0v) is 15.5. The van der Waals surface area contributed by atoms with Gasteiger partial charge in [0.1, 0.15) is 5.01 Å². The normalized spacial score (nSPS) is 28.8. The minimum Gasteiger partial charge on any atom is -0.486 e. The van der Waals surface area contributed by atoms with E-state index in [9.17, 15) is 4.79 Å². The van der Waals surface area contributed by atoms with Crippen LogP contribution in [-0.4, -0.2) is 48.1 Å². The second-order valence-electron chi connectivity index (χ2n) is 6.47. The summed E-state index contributed by atoms with van der Waals surface area (Å²) >= 11 is 2.99.